The predicted octanol–water partition coefficient (Wildman–Crippen LogP) is 4.69. The van der Waals surface area contributed by atoms with Gasteiger partial charge in [-0.25, -0.2) is 0 Å². The van der Waals surface area contributed by atoms with Crippen molar-refractivity contribution < 1.29 is 0 Å². The van der Waals surface area contributed by atoms with Crippen LogP contribution in [0.4, 0.5) is 0 Å². The van der Waals surface area contributed by atoms with E-state index in [1.807, 2.05) is 0 Å². The van der Waals surface area contributed by atoms with Gasteiger partial charge >= 0.3 is 0 Å². The molecule has 0 amide bonds. The zero-order valence-electron chi connectivity index (χ0n) is 12.9. The van der Waals surface area contributed by atoms with E-state index in [-0.39, 0.29) is 0 Å². The quantitative estimate of drug-likeness (QED) is 0.767. The number of benzene rings is 2. The van der Waals surface area contributed by atoms with Crippen molar-refractivity contribution in [2.24, 2.45) is 0 Å². The molecule has 110 valence electrons. The van der Waals surface area contributed by atoms with Crippen LogP contribution in [0.2, 0.25) is 0 Å². The van der Waals surface area contributed by atoms with Crippen LogP contribution in [0.3, 0.4) is 0 Å². The molecule has 0 aliphatic carbocycles. The fraction of sp³-hybridized carbons (Fsp3) is 0.400. The van der Waals surface area contributed by atoms with Crippen LogP contribution in [0, 0.1) is 0 Å². The minimum Gasteiger partial charge on any atom is -0.301 e. The van der Waals surface area contributed by atoms with E-state index in [0.717, 1.165) is 0 Å². The summed E-state index contributed by atoms with van der Waals surface area (Å²) in [5.41, 5.74) is 2.88. The van der Waals surface area contributed by atoms with Crippen LogP contribution >= 0.6 is 0 Å². The smallest absolute Gasteiger partial charge is 0.0104 e. The fourth-order valence-electron chi connectivity index (χ4n) is 3.51. The van der Waals surface area contributed by atoms with Crippen molar-refractivity contribution in [2.45, 2.75) is 38.1 Å². The van der Waals surface area contributed by atoms with Crippen molar-refractivity contribution in [2.75, 3.05) is 13.1 Å². The van der Waals surface area contributed by atoms with E-state index in [1.165, 1.54) is 43.5 Å². The Morgan fingerprint density at radius 2 is 1.29 bits per heavy atom. The lowest BCUT2D eigenvalue weighted by Gasteiger charge is -2.28. The van der Waals surface area contributed by atoms with Crippen molar-refractivity contribution in [1.29, 1.82) is 0 Å². The van der Waals surface area contributed by atoms with Gasteiger partial charge in [0.05, 0.1) is 0 Å². The second kappa shape index (κ2) is 6.91. The zero-order valence-corrected chi connectivity index (χ0v) is 12.9. The normalized spacial score (nSPS) is 17.2. The van der Waals surface area contributed by atoms with E-state index < -0.39 is 0 Å². The van der Waals surface area contributed by atoms with E-state index >= 15 is 0 Å². The maximum atomic E-state index is 2.65. The monoisotopic (exact) mass is 279 g/mol. The van der Waals surface area contributed by atoms with Gasteiger partial charge in [0.25, 0.3) is 0 Å². The van der Waals surface area contributed by atoms with Gasteiger partial charge in [-0.05, 0) is 50.4 Å². The molecule has 0 spiro atoms. The molecule has 0 aromatic heterocycles. The Bertz CT molecular complexity index is 489. The minimum absolute atomic E-state index is 0.503. The molecule has 1 nitrogen and oxygen atoms in total. The topological polar surface area (TPSA) is 3.24 Å². The van der Waals surface area contributed by atoms with Gasteiger partial charge in [0.2, 0.25) is 0 Å². The van der Waals surface area contributed by atoms with Crippen LogP contribution in [0.15, 0.2) is 60.7 Å². The van der Waals surface area contributed by atoms with E-state index in [4.69, 9.17) is 0 Å². The molecule has 3 rings (SSSR count). The molecule has 0 bridgehead atoms. The van der Waals surface area contributed by atoms with Gasteiger partial charge in [-0.3, -0.25) is 0 Å². The molecule has 0 radical (unpaired) electrons. The summed E-state index contributed by atoms with van der Waals surface area (Å²) in [6.07, 6.45) is 3.94. The number of hydrogen-bond donors (Lipinski definition) is 0. The van der Waals surface area contributed by atoms with Crippen LogP contribution in [0.5, 0.6) is 0 Å². The highest BCUT2D eigenvalue weighted by molar-refractivity contribution is 5.32. The Hall–Kier alpha value is -1.60. The first kappa shape index (κ1) is 14.3. The summed E-state index contributed by atoms with van der Waals surface area (Å²) < 4.78 is 0. The first-order valence-electron chi connectivity index (χ1n) is 8.18. The van der Waals surface area contributed by atoms with Gasteiger partial charge in [0.1, 0.15) is 0 Å². The molecular weight excluding hydrogens is 254 g/mol. The van der Waals surface area contributed by atoms with Gasteiger partial charge in [-0.2, -0.15) is 0 Å². The molecule has 1 aliphatic rings. The summed E-state index contributed by atoms with van der Waals surface area (Å²) in [5.74, 6) is 0.503. The Balaban J connectivity index is 1.82. The predicted molar refractivity (Wildman–Crippen MR) is 89.6 cm³/mol. The van der Waals surface area contributed by atoms with Crippen LogP contribution in [-0.4, -0.2) is 24.0 Å². The van der Waals surface area contributed by atoms with E-state index in [2.05, 4.69) is 72.5 Å². The molecule has 0 N–H and O–H groups in total. The van der Waals surface area contributed by atoms with Crippen molar-refractivity contribution in [3.63, 3.8) is 0 Å². The van der Waals surface area contributed by atoms with E-state index in [1.54, 1.807) is 0 Å². The minimum atomic E-state index is 0.503. The first-order valence-corrected chi connectivity index (χ1v) is 8.18. The third kappa shape index (κ3) is 3.54. The molecule has 2 aromatic rings. The lowest BCUT2D eigenvalue weighted by atomic mass is 9.86. The highest BCUT2D eigenvalue weighted by Gasteiger charge is 2.23. The molecule has 1 aliphatic heterocycles. The molecule has 0 saturated carbocycles. The van der Waals surface area contributed by atoms with Gasteiger partial charge in [-0.1, -0.05) is 60.7 Å². The van der Waals surface area contributed by atoms with Crippen LogP contribution in [-0.2, 0) is 0 Å². The second-order valence-electron chi connectivity index (χ2n) is 6.20. The van der Waals surface area contributed by atoms with E-state index in [9.17, 15) is 0 Å². The van der Waals surface area contributed by atoms with E-state index in [0.29, 0.717) is 12.0 Å². The number of rotatable bonds is 5. The van der Waals surface area contributed by atoms with Gasteiger partial charge in [-0.15, -0.1) is 0 Å². The molecular formula is C20H25N. The third-order valence-corrected chi connectivity index (χ3v) is 4.74. The molecule has 0 unspecified atom stereocenters. The number of hydrogen-bond acceptors (Lipinski definition) is 1. The van der Waals surface area contributed by atoms with Gasteiger partial charge in [0, 0.05) is 12.0 Å². The summed E-state index contributed by atoms with van der Waals surface area (Å²) in [6, 6.07) is 22.6. The largest absolute Gasteiger partial charge is 0.301 e. The Morgan fingerprint density at radius 3 is 1.76 bits per heavy atom. The Kier molecular flexibility index (Phi) is 4.72. The third-order valence-electron chi connectivity index (χ3n) is 4.74. The molecule has 1 atom stereocenters. The average Bonchev–Trinajstić information content (AvgIpc) is 3.09. The summed E-state index contributed by atoms with van der Waals surface area (Å²) in [7, 11) is 0. The summed E-state index contributed by atoms with van der Waals surface area (Å²) in [5, 5.41) is 0. The van der Waals surface area contributed by atoms with Crippen LogP contribution < -0.4 is 0 Å². The molecule has 1 saturated heterocycles. The standard InChI is InChI=1S/C20H25N/c1-17(21-14-8-9-15-21)16-20(18-10-4-2-5-11-18)19-12-6-3-7-13-19/h2-7,10-13,17,20H,8-9,14-16H2,1H3/t17-/m1/s1. The highest BCUT2D eigenvalue weighted by Crippen LogP contribution is 2.31. The maximum absolute atomic E-state index is 2.65. The lowest BCUT2D eigenvalue weighted by Crippen LogP contribution is -2.31. The fourth-order valence-corrected chi connectivity index (χ4v) is 3.51. The Morgan fingerprint density at radius 1 is 0.810 bits per heavy atom. The van der Waals surface area contributed by atoms with Gasteiger partial charge < -0.3 is 4.90 Å². The Labute approximate surface area is 128 Å². The van der Waals surface area contributed by atoms with Crippen molar-refractivity contribution in [1.82, 2.24) is 4.90 Å². The molecule has 21 heavy (non-hydrogen) atoms. The molecule has 1 fully saturated rings. The number of likely N-dealkylation sites (tertiary alicyclic amines) is 1. The number of nitrogens with zero attached hydrogens (tertiary/aromatic N) is 1. The van der Waals surface area contributed by atoms with Crippen LogP contribution in [0.25, 0.3) is 0 Å². The van der Waals surface area contributed by atoms with Gasteiger partial charge in [0.15, 0.2) is 0 Å². The average molecular weight is 279 g/mol. The van der Waals surface area contributed by atoms with Crippen molar-refractivity contribution in [3.05, 3.63) is 71.8 Å². The molecule has 2 aromatic carbocycles. The maximum Gasteiger partial charge on any atom is 0.0104 e. The van der Waals surface area contributed by atoms with Crippen molar-refractivity contribution in [3.8, 4) is 0 Å². The first-order chi connectivity index (χ1) is 10.3. The SMILES string of the molecule is C[C@H](CC(c1ccccc1)c1ccccc1)N1CCCC1. The highest BCUT2D eigenvalue weighted by atomic mass is 15.2. The summed E-state index contributed by atoms with van der Waals surface area (Å²) >= 11 is 0. The van der Waals surface area contributed by atoms with Crippen LogP contribution in [0.1, 0.15) is 43.2 Å². The molecule has 1 heterocycles. The summed E-state index contributed by atoms with van der Waals surface area (Å²) in [6.45, 7) is 4.94. The zero-order chi connectivity index (χ0) is 14.5. The summed E-state index contributed by atoms with van der Waals surface area (Å²) in [4.78, 5) is 2.65. The lowest BCUT2D eigenvalue weighted by molar-refractivity contribution is 0.241. The molecule has 1 heteroatoms. The van der Waals surface area contributed by atoms with Crippen molar-refractivity contribution >= 4 is 0 Å². The second-order valence-corrected chi connectivity index (χ2v) is 6.20.